The van der Waals surface area contributed by atoms with Gasteiger partial charge in [-0.05, 0) is 58.1 Å². The predicted molar refractivity (Wildman–Crippen MR) is 107 cm³/mol. The minimum absolute atomic E-state index is 0.0444. The summed E-state index contributed by atoms with van der Waals surface area (Å²) in [5, 5.41) is 10.9. The van der Waals surface area contributed by atoms with Crippen LogP contribution in [0.3, 0.4) is 0 Å². The quantitative estimate of drug-likeness (QED) is 0.834. The van der Waals surface area contributed by atoms with Crippen LogP contribution in [0.1, 0.15) is 75.6 Å². The molecule has 6 nitrogen and oxygen atoms in total. The molecule has 4 unspecified atom stereocenters. The second-order valence-electron chi connectivity index (χ2n) is 9.15. The van der Waals surface area contributed by atoms with Crippen molar-refractivity contribution in [2.24, 2.45) is 13.0 Å². The first-order valence-electron chi connectivity index (χ1n) is 10.8. The van der Waals surface area contributed by atoms with Crippen LogP contribution < -0.4 is 10.6 Å². The molecule has 1 aromatic heterocycles. The lowest BCUT2D eigenvalue weighted by atomic mass is 9.74. The highest BCUT2D eigenvalue weighted by atomic mass is 16.2. The number of hydrogen-bond donors (Lipinski definition) is 2. The fourth-order valence-electron chi connectivity index (χ4n) is 5.48. The van der Waals surface area contributed by atoms with E-state index < -0.39 is 0 Å². The van der Waals surface area contributed by atoms with E-state index in [1.165, 1.54) is 49.9 Å². The van der Waals surface area contributed by atoms with Gasteiger partial charge >= 0.3 is 6.03 Å². The monoisotopic (exact) mass is 373 g/mol. The van der Waals surface area contributed by atoms with E-state index in [9.17, 15) is 4.79 Å². The number of piperidine rings is 3. The van der Waals surface area contributed by atoms with Gasteiger partial charge < -0.3 is 10.6 Å². The molecule has 0 spiro atoms. The van der Waals surface area contributed by atoms with Gasteiger partial charge in [0.2, 0.25) is 0 Å². The molecule has 150 valence electrons. The Labute approximate surface area is 163 Å². The Hall–Kier alpha value is -1.56. The highest BCUT2D eigenvalue weighted by molar-refractivity contribution is 5.74. The minimum Gasteiger partial charge on any atom is -0.337 e. The third kappa shape index (κ3) is 4.00. The maximum absolute atomic E-state index is 11.9. The maximum atomic E-state index is 11.9. The van der Waals surface area contributed by atoms with E-state index in [4.69, 9.17) is 5.10 Å². The van der Waals surface area contributed by atoms with E-state index in [1.54, 1.807) is 0 Å². The van der Waals surface area contributed by atoms with Crippen LogP contribution in [0.15, 0.2) is 6.07 Å². The largest absolute Gasteiger partial charge is 0.337 e. The number of amides is 2. The SMILES string of the molecule is CC(C)NC(=O)NCC1CC2CCN1CC2c1cc(C2CCCC2)nn1C. The van der Waals surface area contributed by atoms with Crippen LogP contribution in [0.4, 0.5) is 4.79 Å². The molecule has 1 aromatic rings. The topological polar surface area (TPSA) is 62.2 Å². The van der Waals surface area contributed by atoms with Crippen molar-refractivity contribution in [3.8, 4) is 0 Å². The summed E-state index contributed by atoms with van der Waals surface area (Å²) < 4.78 is 2.16. The number of rotatable bonds is 5. The van der Waals surface area contributed by atoms with Crippen LogP contribution in [0.5, 0.6) is 0 Å². The molecule has 1 saturated carbocycles. The lowest BCUT2D eigenvalue weighted by Crippen LogP contribution is -2.57. The fraction of sp³-hybridized carbons (Fsp3) is 0.810. The third-order valence-corrected chi connectivity index (χ3v) is 6.88. The van der Waals surface area contributed by atoms with Gasteiger partial charge in [-0.1, -0.05) is 12.8 Å². The first kappa shape index (κ1) is 18.8. The summed E-state index contributed by atoms with van der Waals surface area (Å²) in [7, 11) is 2.13. The highest BCUT2D eigenvalue weighted by Gasteiger charge is 2.42. The zero-order valence-electron chi connectivity index (χ0n) is 17.1. The number of aryl methyl sites for hydroxylation is 1. The highest BCUT2D eigenvalue weighted by Crippen LogP contribution is 2.43. The number of fused-ring (bicyclic) bond motifs is 3. The first-order chi connectivity index (χ1) is 13.0. The normalized spacial score (nSPS) is 30.8. The molecule has 0 radical (unpaired) electrons. The number of urea groups is 1. The number of carbonyl (C=O) groups is 1. The second-order valence-corrected chi connectivity index (χ2v) is 9.15. The van der Waals surface area contributed by atoms with Gasteiger partial charge in [0.05, 0.1) is 5.69 Å². The van der Waals surface area contributed by atoms with Crippen molar-refractivity contribution >= 4 is 6.03 Å². The molecule has 3 aliphatic heterocycles. The van der Waals surface area contributed by atoms with Crippen LogP contribution in [-0.4, -0.2) is 52.4 Å². The summed E-state index contributed by atoms with van der Waals surface area (Å²) in [6, 6.07) is 3.01. The molecule has 6 heteroatoms. The van der Waals surface area contributed by atoms with Gasteiger partial charge in [-0.2, -0.15) is 5.10 Å². The first-order valence-corrected chi connectivity index (χ1v) is 10.8. The van der Waals surface area contributed by atoms with Gasteiger partial charge in [0.15, 0.2) is 0 Å². The predicted octanol–water partition coefficient (Wildman–Crippen LogP) is 2.96. The summed E-state index contributed by atoms with van der Waals surface area (Å²) in [6.45, 7) is 6.99. The Balaban J connectivity index is 1.38. The number of aromatic nitrogens is 2. The molecule has 4 aliphatic rings. The van der Waals surface area contributed by atoms with E-state index in [0.717, 1.165) is 19.6 Å². The lowest BCUT2D eigenvalue weighted by molar-refractivity contribution is 0.0294. The zero-order valence-corrected chi connectivity index (χ0v) is 17.1. The third-order valence-electron chi connectivity index (χ3n) is 6.88. The number of nitrogens with one attached hydrogen (secondary N) is 2. The molecule has 2 amide bonds. The lowest BCUT2D eigenvalue weighted by Gasteiger charge is -2.50. The molecule has 0 aromatic carbocycles. The van der Waals surface area contributed by atoms with Crippen molar-refractivity contribution in [3.63, 3.8) is 0 Å². The Morgan fingerprint density at radius 2 is 2.07 bits per heavy atom. The van der Waals surface area contributed by atoms with Crippen molar-refractivity contribution in [2.75, 3.05) is 19.6 Å². The molecule has 4 atom stereocenters. The van der Waals surface area contributed by atoms with Gasteiger partial charge in [0, 0.05) is 49.8 Å². The van der Waals surface area contributed by atoms with E-state index in [1.807, 2.05) is 13.8 Å². The fourth-order valence-corrected chi connectivity index (χ4v) is 5.48. The van der Waals surface area contributed by atoms with Gasteiger partial charge in [-0.25, -0.2) is 4.79 Å². The Bertz CT molecular complexity index is 664. The van der Waals surface area contributed by atoms with Gasteiger partial charge in [-0.15, -0.1) is 0 Å². The van der Waals surface area contributed by atoms with Gasteiger partial charge in [0.1, 0.15) is 0 Å². The number of hydrogen-bond acceptors (Lipinski definition) is 3. The average molecular weight is 374 g/mol. The van der Waals surface area contributed by atoms with Crippen molar-refractivity contribution < 1.29 is 4.79 Å². The summed E-state index contributed by atoms with van der Waals surface area (Å²) in [5.41, 5.74) is 2.75. The molecule has 5 rings (SSSR count). The van der Waals surface area contributed by atoms with E-state index in [2.05, 4.69) is 33.3 Å². The maximum Gasteiger partial charge on any atom is 0.315 e. The average Bonchev–Trinajstić information content (AvgIpc) is 3.29. The number of carbonyl (C=O) groups excluding carboxylic acids is 1. The Morgan fingerprint density at radius 3 is 2.74 bits per heavy atom. The minimum atomic E-state index is -0.0444. The zero-order chi connectivity index (χ0) is 19.0. The smallest absolute Gasteiger partial charge is 0.315 e. The summed E-state index contributed by atoms with van der Waals surface area (Å²) in [6.07, 6.45) is 7.77. The van der Waals surface area contributed by atoms with Gasteiger partial charge in [0.25, 0.3) is 0 Å². The van der Waals surface area contributed by atoms with Crippen LogP contribution in [0, 0.1) is 5.92 Å². The van der Waals surface area contributed by atoms with E-state index in [-0.39, 0.29) is 12.1 Å². The Morgan fingerprint density at radius 1 is 1.30 bits per heavy atom. The molecule has 1 aliphatic carbocycles. The molecule has 2 bridgehead atoms. The molecule has 4 fully saturated rings. The summed E-state index contributed by atoms with van der Waals surface area (Å²) in [4.78, 5) is 14.5. The van der Waals surface area contributed by atoms with Gasteiger partial charge in [-0.3, -0.25) is 9.58 Å². The molecule has 2 N–H and O–H groups in total. The van der Waals surface area contributed by atoms with Crippen LogP contribution >= 0.6 is 0 Å². The molecule has 27 heavy (non-hydrogen) atoms. The van der Waals surface area contributed by atoms with E-state index in [0.29, 0.717) is 23.8 Å². The molecular formula is C21H35N5O. The van der Waals surface area contributed by atoms with Crippen LogP contribution in [-0.2, 0) is 7.05 Å². The number of nitrogens with zero attached hydrogens (tertiary/aromatic N) is 3. The Kier molecular flexibility index (Phi) is 5.44. The van der Waals surface area contributed by atoms with Crippen LogP contribution in [0.25, 0.3) is 0 Å². The van der Waals surface area contributed by atoms with Crippen molar-refractivity contribution in [1.29, 1.82) is 0 Å². The van der Waals surface area contributed by atoms with Crippen molar-refractivity contribution in [3.05, 3.63) is 17.5 Å². The van der Waals surface area contributed by atoms with Crippen LogP contribution in [0.2, 0.25) is 0 Å². The second kappa shape index (κ2) is 7.82. The summed E-state index contributed by atoms with van der Waals surface area (Å²) >= 11 is 0. The van der Waals surface area contributed by atoms with E-state index >= 15 is 0 Å². The molecule has 4 heterocycles. The standard InChI is InChI=1S/C21H35N5O/c1-14(2)23-21(27)22-12-17-10-16-8-9-26(17)13-18(16)20-11-19(24-25(20)3)15-6-4-5-7-15/h11,14-18H,4-10,12-13H2,1-3H3,(H2,22,23,27). The van der Waals surface area contributed by atoms with Crippen molar-refractivity contribution in [2.45, 2.75) is 76.3 Å². The molecule has 3 saturated heterocycles. The summed E-state index contributed by atoms with van der Waals surface area (Å²) in [5.74, 6) is 1.98. The van der Waals surface area contributed by atoms with Crippen molar-refractivity contribution in [1.82, 2.24) is 25.3 Å². The molecular weight excluding hydrogens is 338 g/mol.